The third-order valence-electron chi connectivity index (χ3n) is 0.966. The van der Waals surface area contributed by atoms with Crippen LogP contribution in [0.25, 0.3) is 0 Å². The van der Waals surface area contributed by atoms with E-state index in [1.54, 1.807) is 0 Å². The summed E-state index contributed by atoms with van der Waals surface area (Å²) in [5, 5.41) is 0. The molecule has 0 bridgehead atoms. The number of alkyl halides is 3. The summed E-state index contributed by atoms with van der Waals surface area (Å²) in [6, 6.07) is 0. The van der Waals surface area contributed by atoms with Crippen molar-refractivity contribution >= 4 is 0 Å². The summed E-state index contributed by atoms with van der Waals surface area (Å²) in [4.78, 5) is 0. The molecule has 63 valence electrons. The average molecular weight is 163 g/mol. The Morgan fingerprint density at radius 1 is 1.18 bits per heavy atom. The number of unbranched alkanes of at least 4 members (excludes halogenated alkanes) is 2. The van der Waals surface area contributed by atoms with Crippen molar-refractivity contribution in [2.75, 3.05) is 0 Å². The number of hydrogen-bond acceptors (Lipinski definition) is 0. The minimum atomic E-state index is -4.14. The van der Waals surface area contributed by atoms with Crippen LogP contribution in [0, 0.1) is 18.8 Å². The third-order valence-corrected chi connectivity index (χ3v) is 0.966. The molecule has 0 aromatic carbocycles. The van der Waals surface area contributed by atoms with E-state index in [1.165, 1.54) is 0 Å². The Morgan fingerprint density at radius 2 is 1.82 bits per heavy atom. The molecule has 0 aliphatic heterocycles. The van der Waals surface area contributed by atoms with Crippen molar-refractivity contribution < 1.29 is 13.2 Å². The first-order valence-corrected chi connectivity index (χ1v) is 3.38. The van der Waals surface area contributed by atoms with E-state index in [0.717, 1.165) is 12.8 Å². The SMILES string of the molecule is [CH2]CCCC#CCC(F)(F)F. The van der Waals surface area contributed by atoms with Crippen LogP contribution in [0.4, 0.5) is 13.2 Å². The minimum absolute atomic E-state index is 0.513. The first-order chi connectivity index (χ1) is 5.06. The average Bonchev–Trinajstić information content (AvgIpc) is 1.85. The standard InChI is InChI=1S/C8H10F3/c1-2-3-4-5-6-7-8(9,10)11/h1-4,7H2. The van der Waals surface area contributed by atoms with Crippen molar-refractivity contribution in [1.82, 2.24) is 0 Å². The van der Waals surface area contributed by atoms with E-state index in [-0.39, 0.29) is 0 Å². The van der Waals surface area contributed by atoms with Gasteiger partial charge in [-0.05, 0) is 6.42 Å². The van der Waals surface area contributed by atoms with Crippen molar-refractivity contribution in [3.05, 3.63) is 6.92 Å². The Hall–Kier alpha value is -0.650. The molecule has 1 radical (unpaired) electrons. The molecule has 0 aliphatic carbocycles. The van der Waals surface area contributed by atoms with Crippen LogP contribution in [0.3, 0.4) is 0 Å². The van der Waals surface area contributed by atoms with Gasteiger partial charge in [-0.2, -0.15) is 13.2 Å². The van der Waals surface area contributed by atoms with Crippen LogP contribution in [0.5, 0.6) is 0 Å². The van der Waals surface area contributed by atoms with Gasteiger partial charge in [-0.3, -0.25) is 0 Å². The molecule has 0 rings (SSSR count). The zero-order valence-electron chi connectivity index (χ0n) is 6.17. The molecule has 0 saturated carbocycles. The zero-order valence-corrected chi connectivity index (χ0v) is 6.17. The molecule has 0 nitrogen and oxygen atoms in total. The molecule has 0 amide bonds. The van der Waals surface area contributed by atoms with Crippen LogP contribution in [0.2, 0.25) is 0 Å². The highest BCUT2D eigenvalue weighted by atomic mass is 19.4. The fourth-order valence-electron chi connectivity index (χ4n) is 0.464. The van der Waals surface area contributed by atoms with Crippen molar-refractivity contribution in [2.24, 2.45) is 0 Å². The maximum absolute atomic E-state index is 11.4. The lowest BCUT2D eigenvalue weighted by Crippen LogP contribution is -2.04. The normalized spacial score (nSPS) is 10.5. The predicted molar refractivity (Wildman–Crippen MR) is 37.7 cm³/mol. The Bertz CT molecular complexity index is 147. The number of rotatable bonds is 2. The smallest absolute Gasteiger partial charge is 0.170 e. The molecular weight excluding hydrogens is 153 g/mol. The van der Waals surface area contributed by atoms with Gasteiger partial charge in [0.25, 0.3) is 0 Å². The number of hydrogen-bond donors (Lipinski definition) is 0. The van der Waals surface area contributed by atoms with Crippen molar-refractivity contribution in [1.29, 1.82) is 0 Å². The summed E-state index contributed by atoms with van der Waals surface area (Å²) in [6.45, 7) is 3.54. The largest absolute Gasteiger partial charge is 0.399 e. The van der Waals surface area contributed by atoms with Crippen LogP contribution in [-0.2, 0) is 0 Å². The quantitative estimate of drug-likeness (QED) is 0.433. The first-order valence-electron chi connectivity index (χ1n) is 3.38. The van der Waals surface area contributed by atoms with Crippen LogP contribution < -0.4 is 0 Å². The minimum Gasteiger partial charge on any atom is -0.170 e. The van der Waals surface area contributed by atoms with Gasteiger partial charge >= 0.3 is 6.18 Å². The zero-order chi connectivity index (χ0) is 8.74. The second-order valence-corrected chi connectivity index (χ2v) is 2.10. The number of halogens is 3. The second kappa shape index (κ2) is 5.06. The summed E-state index contributed by atoms with van der Waals surface area (Å²) in [5.41, 5.74) is 0. The summed E-state index contributed by atoms with van der Waals surface area (Å²) in [5.74, 6) is 4.49. The topological polar surface area (TPSA) is 0 Å². The third kappa shape index (κ3) is 9.35. The van der Waals surface area contributed by atoms with E-state index in [9.17, 15) is 13.2 Å². The van der Waals surface area contributed by atoms with Crippen LogP contribution in [-0.4, -0.2) is 6.18 Å². The van der Waals surface area contributed by atoms with E-state index >= 15 is 0 Å². The van der Waals surface area contributed by atoms with E-state index in [4.69, 9.17) is 0 Å². The molecule has 0 unspecified atom stereocenters. The highest BCUT2D eigenvalue weighted by molar-refractivity contribution is 5.00. The van der Waals surface area contributed by atoms with Gasteiger partial charge in [0.1, 0.15) is 6.42 Å². The van der Waals surface area contributed by atoms with Gasteiger partial charge in [0, 0.05) is 6.42 Å². The van der Waals surface area contributed by atoms with E-state index in [1.807, 2.05) is 0 Å². The van der Waals surface area contributed by atoms with Gasteiger partial charge in [0.05, 0.1) is 0 Å². The monoisotopic (exact) mass is 163 g/mol. The molecule has 0 aromatic rings. The lowest BCUT2D eigenvalue weighted by atomic mass is 10.2. The lowest BCUT2D eigenvalue weighted by molar-refractivity contribution is -0.123. The highest BCUT2D eigenvalue weighted by Crippen LogP contribution is 2.17. The molecule has 0 atom stereocenters. The molecule has 0 spiro atoms. The molecule has 0 aromatic heterocycles. The van der Waals surface area contributed by atoms with Crippen molar-refractivity contribution in [3.63, 3.8) is 0 Å². The summed E-state index contributed by atoms with van der Waals surface area (Å²) in [7, 11) is 0. The molecule has 0 aliphatic rings. The first kappa shape index (κ1) is 10.3. The fraction of sp³-hybridized carbons (Fsp3) is 0.625. The fourth-order valence-corrected chi connectivity index (χ4v) is 0.464. The maximum Gasteiger partial charge on any atom is 0.399 e. The van der Waals surface area contributed by atoms with E-state index < -0.39 is 12.6 Å². The lowest BCUT2D eigenvalue weighted by Gasteiger charge is -1.97. The molecule has 3 heteroatoms. The van der Waals surface area contributed by atoms with Crippen LogP contribution >= 0.6 is 0 Å². The summed E-state index contributed by atoms with van der Waals surface area (Å²) >= 11 is 0. The molecule has 0 heterocycles. The van der Waals surface area contributed by atoms with Crippen molar-refractivity contribution in [3.8, 4) is 11.8 Å². The summed E-state index contributed by atoms with van der Waals surface area (Å²) < 4.78 is 34.3. The van der Waals surface area contributed by atoms with Gasteiger partial charge in [-0.1, -0.05) is 19.3 Å². The molecule has 0 N–H and O–H groups in total. The molecule has 0 saturated heterocycles. The van der Waals surface area contributed by atoms with E-state index in [2.05, 4.69) is 18.8 Å². The Morgan fingerprint density at radius 3 is 2.27 bits per heavy atom. The Balaban J connectivity index is 3.41. The predicted octanol–water partition coefficient (Wildman–Crippen LogP) is 2.95. The maximum atomic E-state index is 11.4. The highest BCUT2D eigenvalue weighted by Gasteiger charge is 2.24. The van der Waals surface area contributed by atoms with Crippen molar-refractivity contribution in [2.45, 2.75) is 31.9 Å². The van der Waals surface area contributed by atoms with E-state index in [0.29, 0.717) is 6.42 Å². The van der Waals surface area contributed by atoms with Gasteiger partial charge in [-0.15, -0.1) is 5.92 Å². The van der Waals surface area contributed by atoms with Gasteiger partial charge in [0.2, 0.25) is 0 Å². The van der Waals surface area contributed by atoms with Crippen LogP contribution in [0.15, 0.2) is 0 Å². The Labute approximate surface area is 64.8 Å². The van der Waals surface area contributed by atoms with Crippen LogP contribution in [0.1, 0.15) is 25.7 Å². The second-order valence-electron chi connectivity index (χ2n) is 2.10. The van der Waals surface area contributed by atoms with Gasteiger partial charge in [-0.25, -0.2) is 0 Å². The molecular formula is C8H10F3. The Kier molecular flexibility index (Phi) is 4.76. The van der Waals surface area contributed by atoms with Gasteiger partial charge in [0.15, 0.2) is 0 Å². The summed E-state index contributed by atoms with van der Waals surface area (Å²) in [6.07, 6.45) is -3.13. The molecule has 0 fully saturated rings. The van der Waals surface area contributed by atoms with Gasteiger partial charge < -0.3 is 0 Å². The molecule has 11 heavy (non-hydrogen) atoms.